The van der Waals surface area contributed by atoms with E-state index < -0.39 is 23.9 Å². The second kappa shape index (κ2) is 11.8. The summed E-state index contributed by atoms with van der Waals surface area (Å²) < 4.78 is 0. The molecule has 0 unspecified atom stereocenters. The zero-order valence-electron chi connectivity index (χ0n) is 22.4. The van der Waals surface area contributed by atoms with Crippen LogP contribution in [0.3, 0.4) is 0 Å². The molecule has 196 valence electrons. The fraction of sp³-hybridized carbons (Fsp3) is 0.742. The van der Waals surface area contributed by atoms with Crippen molar-refractivity contribution in [1.82, 2.24) is 0 Å². The summed E-state index contributed by atoms with van der Waals surface area (Å²) in [6, 6.07) is 0. The maximum atomic E-state index is 10.9. The number of hydrogen-bond donors (Lipinski definition) is 4. The van der Waals surface area contributed by atoms with E-state index in [1.807, 2.05) is 13.8 Å². The van der Waals surface area contributed by atoms with E-state index in [-0.39, 0.29) is 11.3 Å². The van der Waals surface area contributed by atoms with Crippen molar-refractivity contribution in [3.8, 4) is 11.8 Å². The first kappa shape index (κ1) is 28.2. The summed E-state index contributed by atoms with van der Waals surface area (Å²) in [5.41, 5.74) is 2.67. The topological polar surface area (TPSA) is 80.9 Å². The number of rotatable bonds is 7. The van der Waals surface area contributed by atoms with Gasteiger partial charge in [0.2, 0.25) is 0 Å². The third-order valence-corrected chi connectivity index (χ3v) is 9.72. The Balaban J connectivity index is 1.68. The van der Waals surface area contributed by atoms with Gasteiger partial charge in [-0.3, -0.25) is 0 Å². The Labute approximate surface area is 213 Å². The number of allylic oxidation sites excluding steroid dienone is 3. The highest BCUT2D eigenvalue weighted by molar-refractivity contribution is 5.38. The third-order valence-electron chi connectivity index (χ3n) is 9.72. The molecular weight excluding hydrogens is 436 g/mol. The van der Waals surface area contributed by atoms with Crippen molar-refractivity contribution < 1.29 is 20.4 Å². The van der Waals surface area contributed by atoms with Gasteiger partial charge in [0.15, 0.2) is 0 Å². The Morgan fingerprint density at radius 2 is 1.91 bits per heavy atom. The molecule has 4 heteroatoms. The fourth-order valence-corrected chi connectivity index (χ4v) is 7.04. The Bertz CT molecular complexity index is 870. The van der Waals surface area contributed by atoms with Crippen LogP contribution < -0.4 is 0 Å². The van der Waals surface area contributed by atoms with E-state index in [4.69, 9.17) is 0 Å². The predicted octanol–water partition coefficient (Wildman–Crippen LogP) is 5.46. The number of hydrogen-bond acceptors (Lipinski definition) is 4. The minimum Gasteiger partial charge on any atom is -0.393 e. The zero-order chi connectivity index (χ0) is 25.8. The summed E-state index contributed by atoms with van der Waals surface area (Å²) >= 11 is 0. The molecule has 3 rings (SSSR count). The van der Waals surface area contributed by atoms with Gasteiger partial charge in [-0.2, -0.15) is 0 Å². The molecule has 3 fully saturated rings. The molecule has 0 saturated heterocycles. The van der Waals surface area contributed by atoms with Crippen LogP contribution in [0.15, 0.2) is 35.5 Å². The lowest BCUT2D eigenvalue weighted by molar-refractivity contribution is 0.0250. The standard InChI is InChI=1S/C31H48O4/c1-6-31(35,7-2)18-9-8-12-28(33)22(4)26-15-16-27-23(11-10-17-30(26,27)5)13-14-24-19-25(32)20-29(34)21(24)3/h13-14,22,25-29,32-35H,3,6-7,9-11,15-20H2,1-2,4-5H3/b23-13+,24-14-/t22-,25+,26+,27-,28+,29-,30+/m0/s1. The van der Waals surface area contributed by atoms with E-state index in [1.54, 1.807) is 0 Å². The molecule has 0 radical (unpaired) electrons. The van der Waals surface area contributed by atoms with Crippen LogP contribution in [0.5, 0.6) is 0 Å². The minimum absolute atomic E-state index is 0.106. The highest BCUT2D eigenvalue weighted by Gasteiger charge is 2.51. The smallest absolute Gasteiger partial charge is 0.117 e. The SMILES string of the molecule is C=C1/C(=C\C=C2/CCC[C@]3(C)[C@@H]([C@H](C)[C@H](O)C#CCCC(O)(CC)CC)CC[C@@H]23)C[C@@H](O)C[C@@H]1O. The molecule has 0 aliphatic heterocycles. The van der Waals surface area contributed by atoms with Gasteiger partial charge >= 0.3 is 0 Å². The van der Waals surface area contributed by atoms with E-state index in [0.717, 1.165) is 49.7 Å². The molecule has 4 N–H and O–H groups in total. The van der Waals surface area contributed by atoms with E-state index in [1.165, 1.54) is 12.0 Å². The predicted molar refractivity (Wildman–Crippen MR) is 142 cm³/mol. The first-order valence-electron chi connectivity index (χ1n) is 13.9. The quantitative estimate of drug-likeness (QED) is 0.362. The van der Waals surface area contributed by atoms with E-state index >= 15 is 0 Å². The molecule has 0 spiro atoms. The van der Waals surface area contributed by atoms with Gasteiger partial charge in [-0.15, -0.1) is 5.92 Å². The maximum Gasteiger partial charge on any atom is 0.117 e. The highest BCUT2D eigenvalue weighted by atomic mass is 16.3. The molecular formula is C31H48O4. The normalized spacial score (nSPS) is 35.5. The van der Waals surface area contributed by atoms with E-state index in [2.05, 4.69) is 44.4 Å². The van der Waals surface area contributed by atoms with Gasteiger partial charge in [0.05, 0.1) is 17.8 Å². The molecule has 3 aliphatic rings. The van der Waals surface area contributed by atoms with Crippen LogP contribution in [0.2, 0.25) is 0 Å². The molecule has 0 aromatic rings. The lowest BCUT2D eigenvalue weighted by Crippen LogP contribution is -2.39. The van der Waals surface area contributed by atoms with Gasteiger partial charge in [0.25, 0.3) is 0 Å². The zero-order valence-corrected chi connectivity index (χ0v) is 22.4. The Kier molecular flexibility index (Phi) is 9.49. The monoisotopic (exact) mass is 484 g/mol. The van der Waals surface area contributed by atoms with Crippen LogP contribution in [0.25, 0.3) is 0 Å². The fourth-order valence-electron chi connectivity index (χ4n) is 7.04. The van der Waals surface area contributed by atoms with Crippen LogP contribution in [0, 0.1) is 35.0 Å². The molecule has 7 atom stereocenters. The lowest BCUT2D eigenvalue weighted by Gasteiger charge is -2.44. The van der Waals surface area contributed by atoms with Crippen molar-refractivity contribution in [3.05, 3.63) is 35.5 Å². The van der Waals surface area contributed by atoms with Crippen molar-refractivity contribution in [2.75, 3.05) is 0 Å². The maximum absolute atomic E-state index is 10.9. The summed E-state index contributed by atoms with van der Waals surface area (Å²) in [7, 11) is 0. The average Bonchev–Trinajstić information content (AvgIpc) is 3.19. The third kappa shape index (κ3) is 6.31. The Morgan fingerprint density at radius 1 is 1.20 bits per heavy atom. The molecule has 0 amide bonds. The number of fused-ring (bicyclic) bond motifs is 1. The summed E-state index contributed by atoms with van der Waals surface area (Å²) in [4.78, 5) is 0. The van der Waals surface area contributed by atoms with Gasteiger partial charge in [0.1, 0.15) is 6.10 Å². The largest absolute Gasteiger partial charge is 0.393 e. The van der Waals surface area contributed by atoms with Crippen molar-refractivity contribution >= 4 is 0 Å². The van der Waals surface area contributed by atoms with Crippen LogP contribution in [0.4, 0.5) is 0 Å². The van der Waals surface area contributed by atoms with Crippen molar-refractivity contribution in [3.63, 3.8) is 0 Å². The van der Waals surface area contributed by atoms with Crippen LogP contribution >= 0.6 is 0 Å². The van der Waals surface area contributed by atoms with Gasteiger partial charge < -0.3 is 20.4 Å². The van der Waals surface area contributed by atoms with E-state index in [0.29, 0.717) is 37.5 Å². The first-order chi connectivity index (χ1) is 16.5. The second-order valence-electron chi connectivity index (χ2n) is 11.7. The Morgan fingerprint density at radius 3 is 2.60 bits per heavy atom. The van der Waals surface area contributed by atoms with Gasteiger partial charge in [-0.05, 0) is 92.1 Å². The molecule has 3 saturated carbocycles. The minimum atomic E-state index is -0.655. The van der Waals surface area contributed by atoms with Gasteiger partial charge in [0, 0.05) is 12.8 Å². The van der Waals surface area contributed by atoms with Crippen molar-refractivity contribution in [2.24, 2.45) is 23.2 Å². The Hall–Kier alpha value is -1.38. The molecule has 4 nitrogen and oxygen atoms in total. The molecule has 0 aromatic carbocycles. The van der Waals surface area contributed by atoms with E-state index in [9.17, 15) is 20.4 Å². The number of aliphatic hydroxyl groups is 4. The lowest BCUT2D eigenvalue weighted by atomic mass is 9.60. The van der Waals surface area contributed by atoms with Crippen LogP contribution in [-0.4, -0.2) is 44.3 Å². The summed E-state index contributed by atoms with van der Waals surface area (Å²) in [5, 5.41) is 41.6. The second-order valence-corrected chi connectivity index (χ2v) is 11.7. The molecule has 0 aromatic heterocycles. The highest BCUT2D eigenvalue weighted by Crippen LogP contribution is 2.59. The molecule has 35 heavy (non-hydrogen) atoms. The van der Waals surface area contributed by atoms with Crippen molar-refractivity contribution in [2.45, 2.75) is 122 Å². The van der Waals surface area contributed by atoms with Gasteiger partial charge in [-0.25, -0.2) is 0 Å². The molecule has 0 heterocycles. The molecule has 0 bridgehead atoms. The van der Waals surface area contributed by atoms with Crippen molar-refractivity contribution in [1.29, 1.82) is 0 Å². The van der Waals surface area contributed by atoms with Crippen LogP contribution in [0.1, 0.15) is 98.3 Å². The van der Waals surface area contributed by atoms with Gasteiger partial charge in [-0.1, -0.05) is 57.9 Å². The first-order valence-corrected chi connectivity index (χ1v) is 13.9. The average molecular weight is 485 g/mol. The van der Waals surface area contributed by atoms with Crippen LogP contribution in [-0.2, 0) is 0 Å². The molecule has 3 aliphatic carbocycles. The summed E-state index contributed by atoms with van der Waals surface area (Å²) in [5.74, 6) is 7.27. The summed E-state index contributed by atoms with van der Waals surface area (Å²) in [6.07, 6.45) is 11.8. The number of aliphatic hydroxyl groups excluding tert-OH is 3. The summed E-state index contributed by atoms with van der Waals surface area (Å²) in [6.45, 7) is 12.6.